The van der Waals surface area contributed by atoms with Crippen LogP contribution in [0.4, 0.5) is 105 Å². The monoisotopic (exact) mass is 1390 g/mol. The van der Waals surface area contributed by atoms with Gasteiger partial charge >= 0.3 is 56.7 Å². The summed E-state index contributed by atoms with van der Waals surface area (Å²) in [5.74, 6) is 0. The highest BCUT2D eigenvalue weighted by Crippen LogP contribution is 2.51. The molecule has 0 radical (unpaired) electrons. The average Bonchev–Trinajstić information content (AvgIpc) is 0.733. The van der Waals surface area contributed by atoms with E-state index in [4.69, 9.17) is 9.31 Å². The standard InChI is InChI=1S/C70H39BF24O3/c72-63(73,74)51-26-41(27-52(34-51)64(75,76)77)39-16-20-48(21-17-39)62(49-22-18-40(19-23-49)42-28-53(65(78,79)80)35-54(29-42)66(81,82)83,98-71(96)97-61(45-10-4-1-5-11-45,46-12-6-2-7-13-46)47-14-8-3-9-15-47)50-24-25-59(43-30-55(67(84,85)86)36-56(31-43)68(87,88)89)60(38-50)44-32-57(69(90,91)92)37-58(33-44)70(93,94)95/h1-38,96H. The maximum atomic E-state index is 14.9. The zero-order valence-corrected chi connectivity index (χ0v) is 48.9. The molecule has 0 aliphatic rings. The first-order valence-corrected chi connectivity index (χ1v) is 28.2. The first kappa shape index (κ1) is 71.2. The van der Waals surface area contributed by atoms with Crippen molar-refractivity contribution in [2.45, 2.75) is 60.6 Å². The minimum absolute atomic E-state index is 0.0304. The minimum Gasteiger partial charge on any atom is -0.402 e. The molecule has 10 aromatic carbocycles. The summed E-state index contributed by atoms with van der Waals surface area (Å²) in [6, 6.07) is 31.8. The molecular weight excluding hydrogens is 1360 g/mol. The number of hydrogen-bond donors (Lipinski definition) is 1. The van der Waals surface area contributed by atoms with Crippen LogP contribution < -0.4 is 0 Å². The Labute approximate surface area is 539 Å². The van der Waals surface area contributed by atoms with Crippen LogP contribution in [0.15, 0.2) is 231 Å². The second kappa shape index (κ2) is 25.7. The molecule has 508 valence electrons. The van der Waals surface area contributed by atoms with Gasteiger partial charge in [-0.2, -0.15) is 105 Å². The van der Waals surface area contributed by atoms with Crippen molar-refractivity contribution in [3.05, 3.63) is 308 Å². The summed E-state index contributed by atoms with van der Waals surface area (Å²) in [7, 11) is -2.92. The van der Waals surface area contributed by atoms with Crippen LogP contribution in [0.1, 0.15) is 77.9 Å². The fraction of sp³-hybridized carbons (Fsp3) is 0.143. The first-order chi connectivity index (χ1) is 45.5. The Morgan fingerprint density at radius 3 is 0.663 bits per heavy atom. The van der Waals surface area contributed by atoms with Gasteiger partial charge in [0.05, 0.1) is 44.5 Å². The SMILES string of the molecule is OB(OC(c1ccccc1)(c1ccccc1)c1ccccc1)OC(c1ccc(-c2cc(C(F)(F)F)cc(C(F)(F)F)c2)cc1)(c1ccc(-c2cc(C(F)(F)F)cc(C(F)(F)F)c2)cc1)c1ccc(-c2cc(C(F)(F)F)cc(C(F)(F)F)c2)c(-c2cc(C(F)(F)F)cc(C(F)(F)F)c2)c1. The lowest BCUT2D eigenvalue weighted by Gasteiger charge is -2.41. The molecule has 0 unspecified atom stereocenters. The molecule has 0 aliphatic heterocycles. The largest absolute Gasteiger partial charge is 0.639 e. The molecule has 1 N–H and O–H groups in total. The summed E-state index contributed by atoms with van der Waals surface area (Å²) in [6.45, 7) is 0. The number of benzene rings is 10. The van der Waals surface area contributed by atoms with E-state index in [9.17, 15) is 110 Å². The second-order valence-corrected chi connectivity index (χ2v) is 22.1. The Morgan fingerprint density at radius 1 is 0.194 bits per heavy atom. The zero-order chi connectivity index (χ0) is 71.6. The number of hydrogen-bond acceptors (Lipinski definition) is 3. The number of rotatable bonds is 14. The van der Waals surface area contributed by atoms with Crippen LogP contribution in [0.5, 0.6) is 0 Å². The van der Waals surface area contributed by atoms with E-state index in [0.29, 0.717) is 36.4 Å². The van der Waals surface area contributed by atoms with Crippen molar-refractivity contribution >= 4 is 7.32 Å². The van der Waals surface area contributed by atoms with Crippen LogP contribution in [0.3, 0.4) is 0 Å². The van der Waals surface area contributed by atoms with Gasteiger partial charge in [0.1, 0.15) is 11.2 Å². The topological polar surface area (TPSA) is 38.7 Å². The van der Waals surface area contributed by atoms with Gasteiger partial charge in [-0.3, -0.25) is 0 Å². The molecule has 0 saturated carbocycles. The smallest absolute Gasteiger partial charge is 0.402 e. The van der Waals surface area contributed by atoms with Crippen LogP contribution in [0, 0.1) is 0 Å². The van der Waals surface area contributed by atoms with Gasteiger partial charge in [-0.05, 0) is 157 Å². The predicted octanol–water partition coefficient (Wildman–Crippen LogP) is 22.8. The highest BCUT2D eigenvalue weighted by Gasteiger charge is 2.49. The summed E-state index contributed by atoms with van der Waals surface area (Å²) in [5, 5.41) is 13.0. The van der Waals surface area contributed by atoms with Crippen LogP contribution in [-0.2, 0) is 69.9 Å². The second-order valence-electron chi connectivity index (χ2n) is 22.1. The third kappa shape index (κ3) is 15.0. The van der Waals surface area contributed by atoms with Crippen molar-refractivity contribution < 1.29 is 120 Å². The van der Waals surface area contributed by atoms with Crippen molar-refractivity contribution in [1.29, 1.82) is 0 Å². The molecule has 0 heterocycles. The molecule has 10 rings (SSSR count). The van der Waals surface area contributed by atoms with Gasteiger partial charge in [-0.1, -0.05) is 152 Å². The molecule has 0 fully saturated rings. The van der Waals surface area contributed by atoms with Crippen molar-refractivity contribution in [2.24, 2.45) is 0 Å². The van der Waals surface area contributed by atoms with E-state index in [2.05, 4.69) is 0 Å². The molecule has 10 aromatic rings. The van der Waals surface area contributed by atoms with Crippen molar-refractivity contribution in [3.63, 3.8) is 0 Å². The maximum absolute atomic E-state index is 14.9. The highest BCUT2D eigenvalue weighted by molar-refractivity contribution is 6.35. The van der Waals surface area contributed by atoms with E-state index in [-0.39, 0.29) is 65.2 Å². The summed E-state index contributed by atoms with van der Waals surface area (Å²) in [4.78, 5) is 0. The molecular formula is C70H39BF24O3. The summed E-state index contributed by atoms with van der Waals surface area (Å²) < 4.78 is 364. The van der Waals surface area contributed by atoms with Gasteiger partial charge < -0.3 is 14.3 Å². The average molecular weight is 1390 g/mol. The van der Waals surface area contributed by atoms with E-state index in [0.717, 1.165) is 54.6 Å². The molecule has 0 spiro atoms. The number of halogens is 24. The Balaban J connectivity index is 1.36. The van der Waals surface area contributed by atoms with Crippen LogP contribution in [-0.4, -0.2) is 12.3 Å². The number of alkyl halides is 24. The summed E-state index contributed by atoms with van der Waals surface area (Å²) >= 11 is 0. The lowest BCUT2D eigenvalue weighted by atomic mass is 9.76. The van der Waals surface area contributed by atoms with Crippen molar-refractivity contribution in [1.82, 2.24) is 0 Å². The maximum Gasteiger partial charge on any atom is 0.639 e. The van der Waals surface area contributed by atoms with Crippen molar-refractivity contribution in [2.75, 3.05) is 0 Å². The molecule has 3 nitrogen and oxygen atoms in total. The fourth-order valence-corrected chi connectivity index (χ4v) is 11.3. The van der Waals surface area contributed by atoms with E-state index in [1.54, 1.807) is 18.2 Å². The Kier molecular flexibility index (Phi) is 18.7. The molecule has 0 atom stereocenters. The fourth-order valence-electron chi connectivity index (χ4n) is 11.3. The lowest BCUT2D eigenvalue weighted by molar-refractivity contribution is -0.144. The van der Waals surface area contributed by atoms with Gasteiger partial charge in [0, 0.05) is 0 Å². The third-order valence-corrected chi connectivity index (χ3v) is 15.7. The van der Waals surface area contributed by atoms with Gasteiger partial charge in [0.15, 0.2) is 0 Å². The minimum atomic E-state index is -5.73. The zero-order valence-electron chi connectivity index (χ0n) is 48.9. The Bertz CT molecular complexity index is 4150. The van der Waals surface area contributed by atoms with Gasteiger partial charge in [0.25, 0.3) is 0 Å². The molecule has 0 bridgehead atoms. The van der Waals surface area contributed by atoms with E-state index in [1.807, 2.05) is 0 Å². The van der Waals surface area contributed by atoms with E-state index >= 15 is 0 Å². The Morgan fingerprint density at radius 2 is 0.408 bits per heavy atom. The first-order valence-electron chi connectivity index (χ1n) is 28.2. The predicted molar refractivity (Wildman–Crippen MR) is 310 cm³/mol. The van der Waals surface area contributed by atoms with Gasteiger partial charge in [-0.15, -0.1) is 0 Å². The molecule has 0 amide bonds. The van der Waals surface area contributed by atoms with Gasteiger partial charge in [0.2, 0.25) is 0 Å². The highest BCUT2D eigenvalue weighted by atomic mass is 19.4. The molecule has 0 saturated heterocycles. The molecule has 0 aromatic heterocycles. The third-order valence-electron chi connectivity index (χ3n) is 15.7. The van der Waals surface area contributed by atoms with Crippen LogP contribution in [0.2, 0.25) is 0 Å². The molecule has 28 heteroatoms. The van der Waals surface area contributed by atoms with E-state index in [1.165, 1.54) is 72.8 Å². The van der Waals surface area contributed by atoms with Crippen LogP contribution in [0.25, 0.3) is 44.5 Å². The van der Waals surface area contributed by atoms with Gasteiger partial charge in [-0.25, -0.2) is 0 Å². The van der Waals surface area contributed by atoms with Crippen LogP contribution >= 0.6 is 0 Å². The summed E-state index contributed by atoms with van der Waals surface area (Å²) in [6.07, 6.45) is -44.5. The van der Waals surface area contributed by atoms with Crippen molar-refractivity contribution in [3.8, 4) is 44.5 Å². The summed E-state index contributed by atoms with van der Waals surface area (Å²) in [5.41, 5.74) is -29.4. The molecule has 98 heavy (non-hydrogen) atoms. The normalized spacial score (nSPS) is 13.2. The lowest BCUT2D eigenvalue weighted by Crippen LogP contribution is -2.46. The molecule has 0 aliphatic carbocycles. The Hall–Kier alpha value is -9.54. The quantitative estimate of drug-likeness (QED) is 0.0670. The van der Waals surface area contributed by atoms with E-state index < -0.39 is 174 Å².